The SMILES string of the molecule is CC(C)N1CCC2COC(=O)C21. The zero-order valence-electron chi connectivity index (χ0n) is 7.62. The molecule has 0 aromatic carbocycles. The van der Waals surface area contributed by atoms with E-state index >= 15 is 0 Å². The Balaban J connectivity index is 2.14. The molecule has 0 aromatic heterocycles. The number of cyclic esters (lactones) is 1. The van der Waals surface area contributed by atoms with E-state index in [1.807, 2.05) is 0 Å². The molecule has 0 radical (unpaired) electrons. The van der Waals surface area contributed by atoms with Crippen molar-refractivity contribution < 1.29 is 9.53 Å². The van der Waals surface area contributed by atoms with Gasteiger partial charge in [-0.1, -0.05) is 0 Å². The highest BCUT2D eigenvalue weighted by molar-refractivity contribution is 5.78. The van der Waals surface area contributed by atoms with Gasteiger partial charge in [0.25, 0.3) is 0 Å². The van der Waals surface area contributed by atoms with Gasteiger partial charge in [-0.15, -0.1) is 0 Å². The molecule has 2 rings (SSSR count). The van der Waals surface area contributed by atoms with Crippen molar-refractivity contribution in [2.45, 2.75) is 32.4 Å². The van der Waals surface area contributed by atoms with Crippen molar-refractivity contribution in [3.63, 3.8) is 0 Å². The van der Waals surface area contributed by atoms with Crippen LogP contribution < -0.4 is 0 Å². The van der Waals surface area contributed by atoms with Crippen LogP contribution in [0.1, 0.15) is 20.3 Å². The van der Waals surface area contributed by atoms with Gasteiger partial charge < -0.3 is 4.74 Å². The Labute approximate surface area is 72.7 Å². The summed E-state index contributed by atoms with van der Waals surface area (Å²) in [5.41, 5.74) is 0. The molecule has 3 heteroatoms. The van der Waals surface area contributed by atoms with Crippen molar-refractivity contribution >= 4 is 5.97 Å². The number of carbonyl (C=O) groups is 1. The molecule has 0 N–H and O–H groups in total. The lowest BCUT2D eigenvalue weighted by molar-refractivity contribution is -0.142. The second-order valence-electron chi connectivity index (χ2n) is 3.96. The molecule has 2 saturated heterocycles. The lowest BCUT2D eigenvalue weighted by atomic mass is 10.0. The van der Waals surface area contributed by atoms with Crippen molar-refractivity contribution in [3.05, 3.63) is 0 Å². The third-order valence-electron chi connectivity index (χ3n) is 2.91. The van der Waals surface area contributed by atoms with Crippen LogP contribution in [0.15, 0.2) is 0 Å². The molecular weight excluding hydrogens is 154 g/mol. The lowest BCUT2D eigenvalue weighted by Crippen LogP contribution is -2.40. The van der Waals surface area contributed by atoms with Crippen LogP contribution in [-0.2, 0) is 9.53 Å². The molecule has 2 fully saturated rings. The summed E-state index contributed by atoms with van der Waals surface area (Å²) >= 11 is 0. The molecule has 2 unspecified atom stereocenters. The van der Waals surface area contributed by atoms with Gasteiger partial charge in [0.15, 0.2) is 0 Å². The maximum absolute atomic E-state index is 11.3. The van der Waals surface area contributed by atoms with Crippen LogP contribution in [0, 0.1) is 5.92 Å². The molecule has 0 aliphatic carbocycles. The second kappa shape index (κ2) is 2.73. The van der Waals surface area contributed by atoms with Gasteiger partial charge in [0.1, 0.15) is 6.04 Å². The van der Waals surface area contributed by atoms with Gasteiger partial charge in [-0.25, -0.2) is 0 Å². The highest BCUT2D eigenvalue weighted by Crippen LogP contribution is 2.31. The number of ether oxygens (including phenoxy) is 1. The van der Waals surface area contributed by atoms with Crippen LogP contribution in [0.5, 0.6) is 0 Å². The molecule has 2 heterocycles. The van der Waals surface area contributed by atoms with Gasteiger partial charge in [-0.2, -0.15) is 0 Å². The predicted octanol–water partition coefficient (Wildman–Crippen LogP) is 0.642. The topological polar surface area (TPSA) is 29.5 Å². The Hall–Kier alpha value is -0.570. The number of rotatable bonds is 1. The molecule has 0 saturated carbocycles. The maximum Gasteiger partial charge on any atom is 0.323 e. The minimum atomic E-state index is -0.00815. The second-order valence-corrected chi connectivity index (χ2v) is 3.96. The maximum atomic E-state index is 11.3. The minimum absolute atomic E-state index is 0.00815. The summed E-state index contributed by atoms with van der Waals surface area (Å²) in [6.07, 6.45) is 1.12. The summed E-state index contributed by atoms with van der Waals surface area (Å²) in [7, 11) is 0. The Bertz CT molecular complexity index is 203. The highest BCUT2D eigenvalue weighted by Gasteiger charge is 2.46. The van der Waals surface area contributed by atoms with Crippen LogP contribution >= 0.6 is 0 Å². The van der Waals surface area contributed by atoms with E-state index in [9.17, 15) is 4.79 Å². The summed E-state index contributed by atoms with van der Waals surface area (Å²) in [5.74, 6) is 0.464. The molecule has 68 valence electrons. The number of likely N-dealkylation sites (tertiary alicyclic amines) is 1. The molecule has 2 aliphatic rings. The van der Waals surface area contributed by atoms with Crippen molar-refractivity contribution in [1.29, 1.82) is 0 Å². The van der Waals surface area contributed by atoms with Crippen molar-refractivity contribution in [1.82, 2.24) is 4.90 Å². The summed E-state index contributed by atoms with van der Waals surface area (Å²) in [5, 5.41) is 0. The molecule has 0 amide bonds. The zero-order chi connectivity index (χ0) is 8.72. The van der Waals surface area contributed by atoms with E-state index in [2.05, 4.69) is 18.7 Å². The number of carbonyl (C=O) groups excluding carboxylic acids is 1. The first-order valence-corrected chi connectivity index (χ1v) is 4.62. The van der Waals surface area contributed by atoms with E-state index in [4.69, 9.17) is 4.74 Å². The fourth-order valence-corrected chi connectivity index (χ4v) is 2.24. The normalized spacial score (nSPS) is 35.8. The number of hydrogen-bond donors (Lipinski definition) is 0. The van der Waals surface area contributed by atoms with E-state index < -0.39 is 0 Å². The van der Waals surface area contributed by atoms with E-state index in [-0.39, 0.29) is 12.0 Å². The van der Waals surface area contributed by atoms with Gasteiger partial charge in [0.05, 0.1) is 6.61 Å². The van der Waals surface area contributed by atoms with Gasteiger partial charge in [0, 0.05) is 12.0 Å². The Morgan fingerprint density at radius 1 is 1.58 bits per heavy atom. The molecule has 2 aliphatic heterocycles. The van der Waals surface area contributed by atoms with Gasteiger partial charge >= 0.3 is 5.97 Å². The monoisotopic (exact) mass is 169 g/mol. The Morgan fingerprint density at radius 2 is 2.33 bits per heavy atom. The predicted molar refractivity (Wildman–Crippen MR) is 44.7 cm³/mol. The Morgan fingerprint density at radius 3 is 3.00 bits per heavy atom. The van der Waals surface area contributed by atoms with Crippen molar-refractivity contribution in [3.8, 4) is 0 Å². The number of fused-ring (bicyclic) bond motifs is 1. The van der Waals surface area contributed by atoms with Crippen molar-refractivity contribution in [2.24, 2.45) is 5.92 Å². The highest BCUT2D eigenvalue weighted by atomic mass is 16.5. The minimum Gasteiger partial charge on any atom is -0.464 e. The van der Waals surface area contributed by atoms with Gasteiger partial charge in [0.2, 0.25) is 0 Å². The fraction of sp³-hybridized carbons (Fsp3) is 0.889. The van der Waals surface area contributed by atoms with E-state index in [1.54, 1.807) is 0 Å². The first-order valence-electron chi connectivity index (χ1n) is 4.62. The molecule has 0 bridgehead atoms. The molecule has 0 aromatic rings. The summed E-state index contributed by atoms with van der Waals surface area (Å²) in [6.45, 7) is 5.97. The average molecular weight is 169 g/mol. The van der Waals surface area contributed by atoms with Crippen LogP contribution in [0.2, 0.25) is 0 Å². The quantitative estimate of drug-likeness (QED) is 0.539. The third-order valence-corrected chi connectivity index (χ3v) is 2.91. The lowest BCUT2D eigenvalue weighted by Gasteiger charge is -2.24. The summed E-state index contributed by atoms with van der Waals surface area (Å²) in [4.78, 5) is 13.6. The number of nitrogens with zero attached hydrogens (tertiary/aromatic N) is 1. The Kier molecular flexibility index (Phi) is 1.83. The van der Waals surface area contributed by atoms with Crippen LogP contribution in [0.3, 0.4) is 0 Å². The fourth-order valence-electron chi connectivity index (χ4n) is 2.24. The van der Waals surface area contributed by atoms with Crippen molar-refractivity contribution in [2.75, 3.05) is 13.2 Å². The molecular formula is C9H15NO2. The third kappa shape index (κ3) is 1.04. The zero-order valence-corrected chi connectivity index (χ0v) is 7.62. The summed E-state index contributed by atoms with van der Waals surface area (Å²) in [6, 6.07) is 0.538. The largest absolute Gasteiger partial charge is 0.464 e. The first-order chi connectivity index (χ1) is 5.70. The number of hydrogen-bond acceptors (Lipinski definition) is 3. The van der Waals surface area contributed by atoms with E-state index in [0.29, 0.717) is 18.6 Å². The van der Waals surface area contributed by atoms with Crippen LogP contribution in [-0.4, -0.2) is 36.1 Å². The molecule has 3 nitrogen and oxygen atoms in total. The van der Waals surface area contributed by atoms with Crippen LogP contribution in [0.25, 0.3) is 0 Å². The molecule has 12 heavy (non-hydrogen) atoms. The van der Waals surface area contributed by atoms with Gasteiger partial charge in [-0.3, -0.25) is 9.69 Å². The van der Waals surface area contributed by atoms with Gasteiger partial charge in [-0.05, 0) is 26.8 Å². The van der Waals surface area contributed by atoms with E-state index in [0.717, 1.165) is 13.0 Å². The van der Waals surface area contributed by atoms with E-state index in [1.165, 1.54) is 0 Å². The van der Waals surface area contributed by atoms with Crippen LogP contribution in [0.4, 0.5) is 0 Å². The number of esters is 1. The molecule has 0 spiro atoms. The standard InChI is InChI=1S/C9H15NO2/c1-6(2)10-4-3-7-5-12-9(11)8(7)10/h6-8H,3-5H2,1-2H3. The first kappa shape index (κ1) is 8.05. The average Bonchev–Trinajstić information content (AvgIpc) is 2.53. The molecule has 2 atom stereocenters. The smallest absolute Gasteiger partial charge is 0.323 e. The summed E-state index contributed by atoms with van der Waals surface area (Å²) < 4.78 is 5.02.